The van der Waals surface area contributed by atoms with Crippen molar-refractivity contribution in [3.63, 3.8) is 0 Å². The molecule has 1 amide bonds. The van der Waals surface area contributed by atoms with E-state index >= 15 is 0 Å². The van der Waals surface area contributed by atoms with E-state index in [1.54, 1.807) is 0 Å². The van der Waals surface area contributed by atoms with Gasteiger partial charge in [0, 0.05) is 25.1 Å². The molecule has 0 unspecified atom stereocenters. The van der Waals surface area contributed by atoms with E-state index in [0.29, 0.717) is 12.6 Å². The minimum absolute atomic E-state index is 0.0165. The molecule has 1 saturated carbocycles. The van der Waals surface area contributed by atoms with Crippen LogP contribution in [0.25, 0.3) is 0 Å². The van der Waals surface area contributed by atoms with Crippen molar-refractivity contribution in [2.75, 3.05) is 11.9 Å². The number of rotatable bonds is 5. The zero-order chi connectivity index (χ0) is 12.3. The van der Waals surface area contributed by atoms with Gasteiger partial charge in [-0.15, -0.1) is 0 Å². The smallest absolute Gasteiger partial charge is 0.225 e. The second-order valence-electron chi connectivity index (χ2n) is 4.15. The number of carbonyl (C=O) groups is 1. The number of halogens is 2. The van der Waals surface area contributed by atoms with Crippen molar-refractivity contribution < 1.29 is 13.6 Å². The van der Waals surface area contributed by atoms with Gasteiger partial charge in [0.05, 0.1) is 5.69 Å². The summed E-state index contributed by atoms with van der Waals surface area (Å²) in [5, 5.41) is 5.59. The van der Waals surface area contributed by atoms with Crippen LogP contribution in [0.2, 0.25) is 0 Å². The van der Waals surface area contributed by atoms with Gasteiger partial charge in [-0.05, 0) is 25.0 Å². The van der Waals surface area contributed by atoms with Gasteiger partial charge in [-0.1, -0.05) is 0 Å². The molecule has 1 aromatic carbocycles. The van der Waals surface area contributed by atoms with Crippen LogP contribution in [-0.2, 0) is 4.79 Å². The Morgan fingerprint density at radius 3 is 2.76 bits per heavy atom. The first-order chi connectivity index (χ1) is 8.15. The predicted octanol–water partition coefficient (Wildman–Crippen LogP) is 2.05. The molecule has 0 heterocycles. The molecule has 2 rings (SSSR count). The normalized spacial score (nSPS) is 14.7. The summed E-state index contributed by atoms with van der Waals surface area (Å²) in [5.41, 5.74) is 0.0165. The van der Waals surface area contributed by atoms with Crippen LogP contribution in [0, 0.1) is 11.6 Å². The first-order valence-corrected chi connectivity index (χ1v) is 5.63. The lowest BCUT2D eigenvalue weighted by molar-refractivity contribution is -0.116. The summed E-state index contributed by atoms with van der Waals surface area (Å²) >= 11 is 0. The highest BCUT2D eigenvalue weighted by Crippen LogP contribution is 2.18. The Morgan fingerprint density at radius 1 is 1.35 bits per heavy atom. The SMILES string of the molecule is O=C(CCNC1CC1)Nc1ccc(F)cc1F. The monoisotopic (exact) mass is 240 g/mol. The van der Waals surface area contributed by atoms with Crippen LogP contribution < -0.4 is 10.6 Å². The van der Waals surface area contributed by atoms with Gasteiger partial charge < -0.3 is 10.6 Å². The number of benzene rings is 1. The molecule has 0 bridgehead atoms. The maximum Gasteiger partial charge on any atom is 0.225 e. The van der Waals surface area contributed by atoms with Gasteiger partial charge in [0.15, 0.2) is 0 Å². The summed E-state index contributed by atoms with van der Waals surface area (Å²) in [6, 6.07) is 3.63. The van der Waals surface area contributed by atoms with Crippen molar-refractivity contribution in [3.05, 3.63) is 29.8 Å². The van der Waals surface area contributed by atoms with E-state index < -0.39 is 11.6 Å². The van der Waals surface area contributed by atoms with Gasteiger partial charge in [0.2, 0.25) is 5.91 Å². The van der Waals surface area contributed by atoms with Crippen molar-refractivity contribution in [1.29, 1.82) is 0 Å². The van der Waals surface area contributed by atoms with Crippen LogP contribution in [0.3, 0.4) is 0 Å². The Bertz CT molecular complexity index is 419. The molecule has 0 atom stereocenters. The number of anilines is 1. The summed E-state index contributed by atoms with van der Waals surface area (Å²) in [6.07, 6.45) is 2.61. The fourth-order valence-electron chi connectivity index (χ4n) is 1.48. The zero-order valence-corrected chi connectivity index (χ0v) is 9.30. The largest absolute Gasteiger partial charge is 0.324 e. The Balaban J connectivity index is 1.79. The Hall–Kier alpha value is -1.49. The average molecular weight is 240 g/mol. The molecule has 0 radical (unpaired) electrons. The summed E-state index contributed by atoms with van der Waals surface area (Å²) in [4.78, 5) is 11.4. The third-order valence-corrected chi connectivity index (χ3v) is 2.57. The molecular formula is C12H14F2N2O. The van der Waals surface area contributed by atoms with E-state index in [1.165, 1.54) is 6.07 Å². The summed E-state index contributed by atoms with van der Waals surface area (Å²) in [5.74, 6) is -1.69. The third-order valence-electron chi connectivity index (χ3n) is 2.57. The number of carbonyl (C=O) groups excluding carboxylic acids is 1. The van der Waals surface area contributed by atoms with Crippen molar-refractivity contribution in [3.8, 4) is 0 Å². The van der Waals surface area contributed by atoms with Crippen molar-refractivity contribution in [2.24, 2.45) is 0 Å². The first kappa shape index (κ1) is 12.0. The molecule has 1 aliphatic rings. The Labute approximate surface area is 98.2 Å². The van der Waals surface area contributed by atoms with Crippen LogP contribution in [-0.4, -0.2) is 18.5 Å². The number of hydrogen-bond acceptors (Lipinski definition) is 2. The highest BCUT2D eigenvalue weighted by atomic mass is 19.1. The number of nitrogens with one attached hydrogen (secondary N) is 2. The molecule has 1 aromatic rings. The molecule has 1 fully saturated rings. The van der Waals surface area contributed by atoms with E-state index in [-0.39, 0.29) is 18.0 Å². The van der Waals surface area contributed by atoms with Gasteiger partial charge in [-0.2, -0.15) is 0 Å². The molecule has 5 heteroatoms. The highest BCUT2D eigenvalue weighted by molar-refractivity contribution is 5.90. The molecular weight excluding hydrogens is 226 g/mol. The summed E-state index contributed by atoms with van der Waals surface area (Å²) in [7, 11) is 0. The predicted molar refractivity (Wildman–Crippen MR) is 60.6 cm³/mol. The maximum absolute atomic E-state index is 13.2. The molecule has 0 aromatic heterocycles. The van der Waals surface area contributed by atoms with Crippen molar-refractivity contribution >= 4 is 11.6 Å². The fourth-order valence-corrected chi connectivity index (χ4v) is 1.48. The van der Waals surface area contributed by atoms with E-state index in [2.05, 4.69) is 10.6 Å². The molecule has 0 saturated heterocycles. The van der Waals surface area contributed by atoms with Crippen LogP contribution in [0.5, 0.6) is 0 Å². The quantitative estimate of drug-likeness (QED) is 0.827. The molecule has 1 aliphatic carbocycles. The van der Waals surface area contributed by atoms with Crippen LogP contribution in [0.4, 0.5) is 14.5 Å². The van der Waals surface area contributed by atoms with Crippen molar-refractivity contribution in [1.82, 2.24) is 5.32 Å². The van der Waals surface area contributed by atoms with Crippen LogP contribution in [0.1, 0.15) is 19.3 Å². The summed E-state index contributed by atoms with van der Waals surface area (Å²) in [6.45, 7) is 0.583. The fraction of sp³-hybridized carbons (Fsp3) is 0.417. The minimum Gasteiger partial charge on any atom is -0.324 e. The maximum atomic E-state index is 13.2. The van der Waals surface area contributed by atoms with E-state index in [4.69, 9.17) is 0 Å². The van der Waals surface area contributed by atoms with Crippen LogP contribution >= 0.6 is 0 Å². The Kier molecular flexibility index (Phi) is 3.68. The minimum atomic E-state index is -0.756. The third kappa shape index (κ3) is 3.78. The second kappa shape index (κ2) is 5.23. The molecule has 3 nitrogen and oxygen atoms in total. The molecule has 0 aliphatic heterocycles. The number of amides is 1. The molecule has 2 N–H and O–H groups in total. The molecule has 0 spiro atoms. The van der Waals surface area contributed by atoms with Crippen LogP contribution in [0.15, 0.2) is 18.2 Å². The molecule has 17 heavy (non-hydrogen) atoms. The lowest BCUT2D eigenvalue weighted by Crippen LogP contribution is -2.23. The van der Waals surface area contributed by atoms with Crippen molar-refractivity contribution in [2.45, 2.75) is 25.3 Å². The van der Waals surface area contributed by atoms with E-state index in [9.17, 15) is 13.6 Å². The zero-order valence-electron chi connectivity index (χ0n) is 9.30. The highest BCUT2D eigenvalue weighted by Gasteiger charge is 2.20. The topological polar surface area (TPSA) is 41.1 Å². The summed E-state index contributed by atoms with van der Waals surface area (Å²) < 4.78 is 25.8. The van der Waals surface area contributed by atoms with E-state index in [0.717, 1.165) is 25.0 Å². The molecule has 92 valence electrons. The van der Waals surface area contributed by atoms with Gasteiger partial charge in [-0.3, -0.25) is 4.79 Å². The van der Waals surface area contributed by atoms with Gasteiger partial charge in [0.25, 0.3) is 0 Å². The van der Waals surface area contributed by atoms with Gasteiger partial charge in [-0.25, -0.2) is 8.78 Å². The average Bonchev–Trinajstić information content (AvgIpc) is 3.06. The Morgan fingerprint density at radius 2 is 2.12 bits per heavy atom. The standard InChI is InChI=1S/C12H14F2N2O/c13-8-1-4-11(10(14)7-8)16-12(17)5-6-15-9-2-3-9/h1,4,7,9,15H,2-3,5-6H2,(H,16,17). The lowest BCUT2D eigenvalue weighted by Gasteiger charge is -2.06. The van der Waals surface area contributed by atoms with E-state index in [1.807, 2.05) is 0 Å². The second-order valence-corrected chi connectivity index (χ2v) is 4.15. The number of hydrogen-bond donors (Lipinski definition) is 2. The lowest BCUT2D eigenvalue weighted by atomic mass is 10.3. The van der Waals surface area contributed by atoms with Gasteiger partial charge >= 0.3 is 0 Å². The van der Waals surface area contributed by atoms with Gasteiger partial charge in [0.1, 0.15) is 11.6 Å². The first-order valence-electron chi connectivity index (χ1n) is 5.63.